The van der Waals surface area contributed by atoms with Crippen molar-refractivity contribution in [1.29, 1.82) is 0 Å². The van der Waals surface area contributed by atoms with Gasteiger partial charge in [0.2, 0.25) is 0 Å². The van der Waals surface area contributed by atoms with E-state index >= 15 is 4.39 Å². The van der Waals surface area contributed by atoms with Crippen LogP contribution in [0, 0.1) is 5.92 Å². The molecule has 9 rings (SSSR count). The van der Waals surface area contributed by atoms with Gasteiger partial charge in [-0.2, -0.15) is 0 Å². The van der Waals surface area contributed by atoms with Crippen LogP contribution >= 0.6 is 11.3 Å². The van der Waals surface area contributed by atoms with E-state index in [4.69, 9.17) is 0 Å². The number of fused-ring (bicyclic) bond motifs is 8. The maximum Gasteiger partial charge on any atom is 0.263 e. The van der Waals surface area contributed by atoms with Crippen molar-refractivity contribution in [3.63, 3.8) is 0 Å². The fourth-order valence-electron chi connectivity index (χ4n) is 10.4. The molecule has 62 heavy (non-hydrogen) atoms. The lowest BCUT2D eigenvalue weighted by Crippen LogP contribution is -2.57. The van der Waals surface area contributed by atoms with Crippen LogP contribution in [0.2, 0.25) is 0 Å². The molecule has 2 aliphatic heterocycles. The van der Waals surface area contributed by atoms with Gasteiger partial charge in [-0.25, -0.2) is 4.39 Å². The Hall–Kier alpha value is -4.87. The molecule has 4 aliphatic rings. The first-order valence-corrected chi connectivity index (χ1v) is 23.7. The average Bonchev–Trinajstić information content (AvgIpc) is 3.60. The molecule has 0 amide bonds. The number of hydrogen-bond donors (Lipinski definition) is 0. The Kier molecular flexibility index (Phi) is 10.2. The normalized spacial score (nSPS) is 21.4. The standard InChI is InChI=1S/C57H64BFN2S/c1-14-35(2)29-49-45-34-60(47-25-23-38(54(4,5)6)30-40(47)37-20-16-15-17-21-37)48-33-43-42(56(10,11)27-28-57(43,12)13)32-44(48)58(45)53-52(61(49)51-36(3)19-18-22-46(51)59)41-31-39(55(7,8)9)24-26-50(41)62-53/h14-26,29-34,36,51H,27-28H2,1-13H3/b35-14-,49-29+. The second-order valence-electron chi connectivity index (χ2n) is 21.9. The molecule has 0 saturated carbocycles. The molecule has 5 heteroatoms. The minimum atomic E-state index is -0.503. The molecule has 0 bridgehead atoms. The third-order valence-electron chi connectivity index (χ3n) is 14.5. The minimum absolute atomic E-state index is 0.0128. The number of rotatable bonds is 4. The minimum Gasteiger partial charge on any atom is -0.331 e. The van der Waals surface area contributed by atoms with E-state index in [0.717, 1.165) is 35.5 Å². The maximum absolute atomic E-state index is 17.0. The summed E-state index contributed by atoms with van der Waals surface area (Å²) in [7, 11) is 0. The molecule has 2 unspecified atom stereocenters. The highest BCUT2D eigenvalue weighted by Gasteiger charge is 2.49. The largest absolute Gasteiger partial charge is 0.331 e. The van der Waals surface area contributed by atoms with Gasteiger partial charge in [-0.1, -0.05) is 148 Å². The Morgan fingerprint density at radius 2 is 1.47 bits per heavy atom. The maximum atomic E-state index is 17.0. The van der Waals surface area contributed by atoms with E-state index in [2.05, 4.69) is 203 Å². The summed E-state index contributed by atoms with van der Waals surface area (Å²) in [4.78, 5) is 4.92. The van der Waals surface area contributed by atoms with Crippen LogP contribution in [-0.4, -0.2) is 12.8 Å². The van der Waals surface area contributed by atoms with E-state index in [9.17, 15) is 0 Å². The summed E-state index contributed by atoms with van der Waals surface area (Å²) >= 11 is 1.90. The second-order valence-corrected chi connectivity index (χ2v) is 23.0. The third kappa shape index (κ3) is 6.98. The van der Waals surface area contributed by atoms with Gasteiger partial charge < -0.3 is 9.80 Å². The number of thiophene rings is 1. The highest BCUT2D eigenvalue weighted by Crippen LogP contribution is 2.52. The quantitative estimate of drug-likeness (QED) is 0.166. The van der Waals surface area contributed by atoms with Crippen LogP contribution in [0.4, 0.5) is 21.5 Å². The Morgan fingerprint density at radius 1 is 0.823 bits per heavy atom. The molecule has 0 spiro atoms. The van der Waals surface area contributed by atoms with Crippen molar-refractivity contribution < 1.29 is 4.39 Å². The third-order valence-corrected chi connectivity index (χ3v) is 15.7. The first-order chi connectivity index (χ1) is 29.2. The topological polar surface area (TPSA) is 6.48 Å². The van der Waals surface area contributed by atoms with E-state index in [1.54, 1.807) is 6.08 Å². The smallest absolute Gasteiger partial charge is 0.263 e. The lowest BCUT2D eigenvalue weighted by Gasteiger charge is -2.48. The molecule has 2 aliphatic carbocycles. The number of nitrogens with zero attached hydrogens (tertiary/aromatic N) is 2. The molecule has 0 N–H and O–H groups in total. The molecule has 318 valence electrons. The number of hydrogen-bond acceptors (Lipinski definition) is 3. The summed E-state index contributed by atoms with van der Waals surface area (Å²) in [6.07, 6.45) is 15.0. The average molecular weight is 839 g/mol. The van der Waals surface area contributed by atoms with Crippen molar-refractivity contribution >= 4 is 55.4 Å². The lowest BCUT2D eigenvalue weighted by molar-refractivity contribution is 0.332. The van der Waals surface area contributed by atoms with E-state index < -0.39 is 6.04 Å². The van der Waals surface area contributed by atoms with Crippen LogP contribution in [0.1, 0.15) is 125 Å². The van der Waals surface area contributed by atoms with Gasteiger partial charge in [-0.3, -0.25) is 0 Å². The van der Waals surface area contributed by atoms with Gasteiger partial charge >= 0.3 is 0 Å². The van der Waals surface area contributed by atoms with Crippen molar-refractivity contribution in [3.8, 4) is 11.1 Å². The van der Waals surface area contributed by atoms with Crippen molar-refractivity contribution in [3.05, 3.63) is 160 Å². The van der Waals surface area contributed by atoms with Crippen molar-refractivity contribution in [1.82, 2.24) is 0 Å². The highest BCUT2D eigenvalue weighted by atomic mass is 32.1. The van der Waals surface area contributed by atoms with E-state index in [1.165, 1.54) is 64.9 Å². The number of allylic oxidation sites excluding steroid dienone is 6. The predicted molar refractivity (Wildman–Crippen MR) is 269 cm³/mol. The molecular weight excluding hydrogens is 775 g/mol. The molecule has 5 aromatic rings. The molecule has 4 aromatic carbocycles. The van der Waals surface area contributed by atoms with Gasteiger partial charge in [0.15, 0.2) is 0 Å². The zero-order chi connectivity index (χ0) is 44.3. The van der Waals surface area contributed by atoms with E-state index in [0.29, 0.717) is 0 Å². The molecule has 0 saturated heterocycles. The van der Waals surface area contributed by atoms with Gasteiger partial charge in [0.05, 0.1) is 17.4 Å². The highest BCUT2D eigenvalue weighted by molar-refractivity contribution is 7.32. The van der Waals surface area contributed by atoms with Gasteiger partial charge in [-0.05, 0) is 130 Å². The fourth-order valence-corrected chi connectivity index (χ4v) is 11.7. The molecule has 0 radical (unpaired) electrons. The van der Waals surface area contributed by atoms with E-state index in [-0.39, 0.29) is 40.1 Å². The molecule has 2 atom stereocenters. The fraction of sp³-hybridized carbons (Fsp3) is 0.368. The first kappa shape index (κ1) is 42.4. The van der Waals surface area contributed by atoms with Crippen molar-refractivity contribution in [2.75, 3.05) is 9.80 Å². The summed E-state index contributed by atoms with van der Waals surface area (Å²) in [5.74, 6) is -0.160. The van der Waals surface area contributed by atoms with Crippen LogP contribution in [0.25, 0.3) is 21.2 Å². The Bertz CT molecular complexity index is 2780. The van der Waals surface area contributed by atoms with Crippen LogP contribution in [0.5, 0.6) is 0 Å². The van der Waals surface area contributed by atoms with E-state index in [1.807, 2.05) is 17.4 Å². The monoisotopic (exact) mass is 838 g/mol. The lowest BCUT2D eigenvalue weighted by atomic mass is 9.35. The zero-order valence-corrected chi connectivity index (χ0v) is 40.1. The summed E-state index contributed by atoms with van der Waals surface area (Å²) < 4.78 is 19.5. The molecule has 1 aromatic heterocycles. The summed E-state index contributed by atoms with van der Waals surface area (Å²) in [5.41, 5.74) is 16.1. The summed E-state index contributed by atoms with van der Waals surface area (Å²) in [6, 6.07) is 29.7. The van der Waals surface area contributed by atoms with Gasteiger partial charge in [0.25, 0.3) is 6.71 Å². The number of benzene rings is 4. The van der Waals surface area contributed by atoms with Crippen LogP contribution < -0.4 is 20.0 Å². The van der Waals surface area contributed by atoms with Crippen molar-refractivity contribution in [2.45, 2.75) is 131 Å². The SMILES string of the molecule is C/C=C(C)\C=C1/C2=CN(c3ccc(C(C)(C)C)cc3-c3ccccc3)c3cc4c(cc3B2c2sc3ccc(C(C)(C)C)cc3c2N1C1C(F)=CC=CC1C)C(C)(C)CCC4(C)C. The second kappa shape index (κ2) is 14.9. The predicted octanol–water partition coefficient (Wildman–Crippen LogP) is 14.8. The van der Waals surface area contributed by atoms with Crippen LogP contribution in [0.3, 0.4) is 0 Å². The molecule has 2 nitrogen and oxygen atoms in total. The summed E-state index contributed by atoms with van der Waals surface area (Å²) in [5, 5.41) is 1.21. The Morgan fingerprint density at radius 3 is 2.11 bits per heavy atom. The van der Waals surface area contributed by atoms with Gasteiger partial charge in [-0.15, -0.1) is 11.3 Å². The van der Waals surface area contributed by atoms with Gasteiger partial charge in [0, 0.05) is 43.9 Å². The Balaban J connectivity index is 1.44. The molecule has 0 fully saturated rings. The first-order valence-electron chi connectivity index (χ1n) is 22.8. The van der Waals surface area contributed by atoms with Crippen LogP contribution in [-0.2, 0) is 21.7 Å². The zero-order valence-electron chi connectivity index (χ0n) is 39.3. The Labute approximate surface area is 375 Å². The number of halogens is 1. The molecular formula is C57H64BFN2S. The molecule has 3 heterocycles. The summed E-state index contributed by atoms with van der Waals surface area (Å²) in [6.45, 7) is 29.9. The number of anilines is 3. The van der Waals surface area contributed by atoms with Crippen molar-refractivity contribution in [2.24, 2.45) is 5.92 Å². The van der Waals surface area contributed by atoms with Gasteiger partial charge in [0.1, 0.15) is 5.83 Å². The van der Waals surface area contributed by atoms with Crippen LogP contribution in [0.15, 0.2) is 138 Å².